The predicted molar refractivity (Wildman–Crippen MR) is 105 cm³/mol. The van der Waals surface area contributed by atoms with Crippen LogP contribution in [0, 0.1) is 17.8 Å². The van der Waals surface area contributed by atoms with Crippen molar-refractivity contribution in [2.75, 3.05) is 6.61 Å². The summed E-state index contributed by atoms with van der Waals surface area (Å²) in [6.45, 7) is 1.12. The topological polar surface area (TPSA) is 87.0 Å². The van der Waals surface area contributed by atoms with Gasteiger partial charge in [-0.15, -0.1) is 0 Å². The molecule has 2 rings (SSSR count). The Balaban J connectivity index is 1.76. The summed E-state index contributed by atoms with van der Waals surface area (Å²) in [6, 6.07) is 0. The molecule has 7 heteroatoms. The Labute approximate surface area is 172 Å². The van der Waals surface area contributed by atoms with Crippen molar-refractivity contribution in [3.05, 3.63) is 12.2 Å². The maximum absolute atomic E-state index is 13.1. The van der Waals surface area contributed by atoms with Crippen molar-refractivity contribution in [3.63, 3.8) is 0 Å². The van der Waals surface area contributed by atoms with Crippen molar-refractivity contribution < 1.29 is 33.6 Å². The molecule has 168 valence electrons. The van der Waals surface area contributed by atoms with Crippen molar-refractivity contribution in [2.24, 2.45) is 17.8 Å². The lowest BCUT2D eigenvalue weighted by molar-refractivity contribution is -0.188. The van der Waals surface area contributed by atoms with Gasteiger partial charge in [-0.1, -0.05) is 31.9 Å². The molecule has 2 fully saturated rings. The second-order valence-corrected chi connectivity index (χ2v) is 8.63. The van der Waals surface area contributed by atoms with E-state index in [9.17, 15) is 23.8 Å². The van der Waals surface area contributed by atoms with Gasteiger partial charge in [0.25, 0.3) is 0 Å². The third-order valence-electron chi connectivity index (χ3n) is 6.46. The fourth-order valence-electron chi connectivity index (χ4n) is 4.67. The first kappa shape index (κ1) is 24.4. The van der Waals surface area contributed by atoms with E-state index in [0.29, 0.717) is 37.5 Å². The van der Waals surface area contributed by atoms with E-state index in [1.807, 2.05) is 13.0 Å². The van der Waals surface area contributed by atoms with E-state index in [1.54, 1.807) is 0 Å². The number of alkyl halides is 2. The number of aliphatic hydroxyl groups excluding tert-OH is 1. The molecule has 1 aliphatic heterocycles. The first-order valence-corrected chi connectivity index (χ1v) is 11.0. The van der Waals surface area contributed by atoms with Gasteiger partial charge in [-0.05, 0) is 56.8 Å². The molecule has 0 unspecified atom stereocenters. The van der Waals surface area contributed by atoms with E-state index in [-0.39, 0.29) is 18.6 Å². The van der Waals surface area contributed by atoms with Gasteiger partial charge < -0.3 is 20.1 Å². The molecule has 1 saturated carbocycles. The van der Waals surface area contributed by atoms with E-state index in [0.717, 1.165) is 32.1 Å². The van der Waals surface area contributed by atoms with Crippen molar-refractivity contribution in [1.82, 2.24) is 0 Å². The van der Waals surface area contributed by atoms with E-state index in [4.69, 9.17) is 9.84 Å². The summed E-state index contributed by atoms with van der Waals surface area (Å²) >= 11 is 0. The Morgan fingerprint density at radius 1 is 1.28 bits per heavy atom. The number of rotatable bonds is 13. The molecule has 1 aliphatic carbocycles. The quantitative estimate of drug-likeness (QED) is 0.314. The number of halogens is 2. The fourth-order valence-corrected chi connectivity index (χ4v) is 4.67. The fraction of sp³-hybridized carbons (Fsp3) is 0.864. The third kappa shape index (κ3) is 7.09. The molecule has 0 aromatic heterocycles. The number of aliphatic hydroxyl groups is 3. The molecule has 0 radical (unpaired) electrons. The van der Waals surface area contributed by atoms with Crippen LogP contribution in [0.1, 0.15) is 71.1 Å². The Hall–Kier alpha value is -0.890. The van der Waals surface area contributed by atoms with Crippen LogP contribution in [0.5, 0.6) is 0 Å². The zero-order chi connectivity index (χ0) is 21.4. The molecule has 1 heterocycles. The molecule has 2 aliphatic rings. The van der Waals surface area contributed by atoms with Crippen LogP contribution in [-0.4, -0.2) is 52.1 Å². The largest absolute Gasteiger partial charge is 0.388 e. The summed E-state index contributed by atoms with van der Waals surface area (Å²) in [4.78, 5) is 11.3. The van der Waals surface area contributed by atoms with Crippen LogP contribution < -0.4 is 0 Å². The number of hydrogen-bond donors (Lipinski definition) is 3. The molecule has 1 saturated heterocycles. The van der Waals surface area contributed by atoms with Crippen LogP contribution >= 0.6 is 0 Å². The van der Waals surface area contributed by atoms with E-state index in [1.165, 1.54) is 0 Å². The lowest BCUT2D eigenvalue weighted by Gasteiger charge is -2.20. The molecule has 5 atom stereocenters. The standard InChI is InChI=1S/C22H36F2O5/c1-2-3-6-16(21(23)24)8-4-7-15-10-11-19-18(15)13-17(29-19)9-5-12-22(27,28)20(26)14-25/h4,7,15-19,21,25,27-28H,2-3,5-6,8-14H2,1H3/t15-,16+,17-,18+,19+/m0/s1. The van der Waals surface area contributed by atoms with Crippen LogP contribution in [0.25, 0.3) is 0 Å². The molecular weight excluding hydrogens is 382 g/mol. The first-order valence-electron chi connectivity index (χ1n) is 11.0. The predicted octanol–water partition coefficient (Wildman–Crippen LogP) is 3.60. The van der Waals surface area contributed by atoms with Crippen LogP contribution in [0.2, 0.25) is 0 Å². The number of carbonyl (C=O) groups is 1. The number of allylic oxidation sites excluding steroid dienone is 2. The van der Waals surface area contributed by atoms with E-state index >= 15 is 0 Å². The van der Waals surface area contributed by atoms with Gasteiger partial charge in [0, 0.05) is 12.3 Å². The Morgan fingerprint density at radius 2 is 2.03 bits per heavy atom. The zero-order valence-corrected chi connectivity index (χ0v) is 17.3. The van der Waals surface area contributed by atoms with E-state index < -0.39 is 30.5 Å². The number of unbranched alkanes of at least 4 members (excludes halogenated alkanes) is 1. The minimum Gasteiger partial charge on any atom is -0.388 e. The molecular formula is C22H36F2O5. The minimum atomic E-state index is -2.48. The van der Waals surface area contributed by atoms with Gasteiger partial charge in [-0.3, -0.25) is 4.79 Å². The maximum atomic E-state index is 13.1. The second-order valence-electron chi connectivity index (χ2n) is 8.63. The summed E-state index contributed by atoms with van der Waals surface area (Å²) in [5.74, 6) is -3.31. The Morgan fingerprint density at radius 3 is 2.69 bits per heavy atom. The number of ketones is 1. The maximum Gasteiger partial charge on any atom is 0.241 e. The van der Waals surface area contributed by atoms with Gasteiger partial charge >= 0.3 is 0 Å². The SMILES string of the molecule is CCCC[C@H](CC=C[C@H]1CC[C@H]2O[C@@H](CCCC(O)(O)C(=O)CO)C[C@H]12)C(F)F. The monoisotopic (exact) mass is 418 g/mol. The summed E-state index contributed by atoms with van der Waals surface area (Å²) in [5.41, 5.74) is 0. The van der Waals surface area contributed by atoms with Crippen molar-refractivity contribution >= 4 is 5.78 Å². The summed E-state index contributed by atoms with van der Waals surface area (Å²) < 4.78 is 32.4. The van der Waals surface area contributed by atoms with Gasteiger partial charge in [0.05, 0.1) is 12.2 Å². The molecule has 29 heavy (non-hydrogen) atoms. The first-order chi connectivity index (χ1) is 13.8. The number of ether oxygens (including phenoxy) is 1. The van der Waals surface area contributed by atoms with E-state index in [2.05, 4.69) is 6.08 Å². The molecule has 0 aromatic carbocycles. The summed E-state index contributed by atoms with van der Waals surface area (Å²) in [6.07, 6.45) is 8.43. The average molecular weight is 419 g/mol. The second kappa shape index (κ2) is 11.5. The molecule has 0 spiro atoms. The molecule has 5 nitrogen and oxygen atoms in total. The normalized spacial score (nSPS) is 28.4. The van der Waals surface area contributed by atoms with Crippen molar-refractivity contribution in [2.45, 2.75) is 95.6 Å². The lowest BCUT2D eigenvalue weighted by Crippen LogP contribution is -2.40. The number of carbonyl (C=O) groups excluding carboxylic acids is 1. The highest BCUT2D eigenvalue weighted by Crippen LogP contribution is 2.45. The Bertz CT molecular complexity index is 537. The molecule has 3 N–H and O–H groups in total. The molecule has 0 amide bonds. The van der Waals surface area contributed by atoms with Gasteiger partial charge in [-0.2, -0.15) is 0 Å². The summed E-state index contributed by atoms with van der Waals surface area (Å²) in [7, 11) is 0. The third-order valence-corrected chi connectivity index (χ3v) is 6.46. The molecule has 0 aromatic rings. The Kier molecular flexibility index (Phi) is 9.66. The zero-order valence-electron chi connectivity index (χ0n) is 17.3. The highest BCUT2D eigenvalue weighted by molar-refractivity contribution is 5.86. The van der Waals surface area contributed by atoms with Gasteiger partial charge in [0.1, 0.15) is 6.61 Å². The van der Waals surface area contributed by atoms with Gasteiger partial charge in [0.2, 0.25) is 18.0 Å². The highest BCUT2D eigenvalue weighted by atomic mass is 19.3. The number of Topliss-reactive ketones (excluding diaryl/α,β-unsaturated/α-hetero) is 1. The van der Waals surface area contributed by atoms with Gasteiger partial charge in [-0.25, -0.2) is 8.78 Å². The van der Waals surface area contributed by atoms with Crippen LogP contribution in [0.4, 0.5) is 8.78 Å². The van der Waals surface area contributed by atoms with Crippen molar-refractivity contribution in [1.29, 1.82) is 0 Å². The van der Waals surface area contributed by atoms with Crippen molar-refractivity contribution in [3.8, 4) is 0 Å². The van der Waals surface area contributed by atoms with Gasteiger partial charge in [0.15, 0.2) is 0 Å². The summed E-state index contributed by atoms with van der Waals surface area (Å²) in [5, 5.41) is 28.0. The highest BCUT2D eigenvalue weighted by Gasteiger charge is 2.43. The average Bonchev–Trinajstić information content (AvgIpc) is 3.24. The van der Waals surface area contributed by atoms with Crippen LogP contribution in [0.3, 0.4) is 0 Å². The minimum absolute atomic E-state index is 0.0135. The van der Waals surface area contributed by atoms with Crippen LogP contribution in [0.15, 0.2) is 12.2 Å². The number of fused-ring (bicyclic) bond motifs is 1. The lowest BCUT2D eigenvalue weighted by atomic mass is 9.89. The smallest absolute Gasteiger partial charge is 0.241 e. The molecule has 0 bridgehead atoms. The number of hydrogen-bond acceptors (Lipinski definition) is 5. The van der Waals surface area contributed by atoms with Crippen LogP contribution in [-0.2, 0) is 9.53 Å².